The molecule has 0 rings (SSSR count). The van der Waals surface area contributed by atoms with Crippen molar-refractivity contribution in [1.29, 1.82) is 0 Å². The van der Waals surface area contributed by atoms with Crippen LogP contribution in [0.25, 0.3) is 5.32 Å². The molecule has 1 radical (unpaired) electrons. The third kappa shape index (κ3) is 12.0. The fourth-order valence-corrected chi connectivity index (χ4v) is 0.838. The van der Waals surface area contributed by atoms with E-state index in [-0.39, 0.29) is 24.5 Å². The van der Waals surface area contributed by atoms with E-state index in [0.29, 0.717) is 13.0 Å². The summed E-state index contributed by atoms with van der Waals surface area (Å²) < 4.78 is 4.77. The number of carbonyl (C=O) groups excluding carboxylic acids is 1. The minimum atomic E-state index is -0.107. The van der Waals surface area contributed by atoms with Gasteiger partial charge >= 0.3 is 5.97 Å². The van der Waals surface area contributed by atoms with E-state index in [1.807, 2.05) is 6.92 Å². The topological polar surface area (TPSA) is 40.4 Å². The normalized spacial score (nSPS) is 9.08. The summed E-state index contributed by atoms with van der Waals surface area (Å²) >= 11 is 0. The second-order valence-electron chi connectivity index (χ2n) is 2.58. The van der Waals surface area contributed by atoms with Gasteiger partial charge in [0.1, 0.15) is 0 Å². The van der Waals surface area contributed by atoms with E-state index >= 15 is 0 Å². The summed E-state index contributed by atoms with van der Waals surface area (Å²) in [7, 11) is 0. The van der Waals surface area contributed by atoms with Crippen molar-refractivity contribution >= 4 is 5.97 Å². The van der Waals surface area contributed by atoms with Crippen LogP contribution in [0.15, 0.2) is 0 Å². The van der Waals surface area contributed by atoms with Crippen molar-refractivity contribution in [2.45, 2.75) is 33.1 Å². The van der Waals surface area contributed by atoms with E-state index in [1.54, 1.807) is 0 Å². The van der Waals surface area contributed by atoms with Gasteiger partial charge in [-0.15, -0.1) is 13.1 Å². The third-order valence-electron chi connectivity index (χ3n) is 1.38. The molecular weight excluding hydrogens is 205 g/mol. The molecule has 0 bridgehead atoms. The van der Waals surface area contributed by atoms with Gasteiger partial charge in [-0.1, -0.05) is 19.8 Å². The molecule has 0 heterocycles. The van der Waals surface area contributed by atoms with Crippen molar-refractivity contribution in [3.05, 3.63) is 5.32 Å². The van der Waals surface area contributed by atoms with Crippen LogP contribution in [0, 0.1) is 0 Å². The summed E-state index contributed by atoms with van der Waals surface area (Å²) in [5.74, 6) is -0.107. The SMILES string of the molecule is CCC[N-]CCCC(=O)OCC.[V]. The van der Waals surface area contributed by atoms with Crippen molar-refractivity contribution in [2.24, 2.45) is 0 Å². The van der Waals surface area contributed by atoms with Gasteiger partial charge in [-0.25, -0.2) is 0 Å². The maximum Gasteiger partial charge on any atom is 0.305 e. The van der Waals surface area contributed by atoms with Gasteiger partial charge in [-0.2, -0.15) is 0 Å². The fraction of sp³-hybridized carbons (Fsp3) is 0.889. The Morgan fingerprint density at radius 1 is 1.31 bits per heavy atom. The van der Waals surface area contributed by atoms with Crippen LogP contribution in [0.3, 0.4) is 0 Å². The smallest absolute Gasteiger partial charge is 0.305 e. The first-order valence-electron chi connectivity index (χ1n) is 4.60. The number of ether oxygens (including phenoxy) is 1. The summed E-state index contributed by atoms with van der Waals surface area (Å²) in [6.45, 7) is 6.08. The van der Waals surface area contributed by atoms with E-state index < -0.39 is 0 Å². The van der Waals surface area contributed by atoms with Crippen molar-refractivity contribution < 1.29 is 28.1 Å². The van der Waals surface area contributed by atoms with Crippen LogP contribution in [-0.2, 0) is 28.1 Å². The van der Waals surface area contributed by atoms with Crippen LogP contribution in [0.1, 0.15) is 33.1 Å². The van der Waals surface area contributed by atoms with Crippen LogP contribution in [0.2, 0.25) is 0 Å². The zero-order valence-electron chi connectivity index (χ0n) is 8.45. The first-order chi connectivity index (χ1) is 5.81. The Balaban J connectivity index is 0. The third-order valence-corrected chi connectivity index (χ3v) is 1.38. The Bertz CT molecular complexity index is 120. The quantitative estimate of drug-likeness (QED) is 0.490. The van der Waals surface area contributed by atoms with Gasteiger partial charge in [-0.3, -0.25) is 4.79 Å². The average molecular weight is 223 g/mol. The van der Waals surface area contributed by atoms with Crippen LogP contribution < -0.4 is 0 Å². The van der Waals surface area contributed by atoms with Gasteiger partial charge in [0.05, 0.1) is 6.61 Å². The number of hydrogen-bond acceptors (Lipinski definition) is 2. The Hall–Kier alpha value is 0.0144. The van der Waals surface area contributed by atoms with Crippen LogP contribution >= 0.6 is 0 Å². The predicted molar refractivity (Wildman–Crippen MR) is 49.3 cm³/mol. The second kappa shape index (κ2) is 12.0. The first kappa shape index (κ1) is 15.5. The summed E-state index contributed by atoms with van der Waals surface area (Å²) in [4.78, 5) is 10.8. The van der Waals surface area contributed by atoms with Gasteiger partial charge in [-0.05, 0) is 6.92 Å². The molecule has 0 saturated heterocycles. The molecule has 0 aliphatic rings. The predicted octanol–water partition coefficient (Wildman–Crippen LogP) is 2.11. The molecule has 0 aromatic heterocycles. The minimum Gasteiger partial charge on any atom is -0.662 e. The minimum absolute atomic E-state index is 0. The molecule has 0 aliphatic heterocycles. The largest absolute Gasteiger partial charge is 0.662 e. The first-order valence-corrected chi connectivity index (χ1v) is 4.60. The van der Waals surface area contributed by atoms with Gasteiger partial charge in [0.2, 0.25) is 0 Å². The fourth-order valence-electron chi connectivity index (χ4n) is 0.838. The van der Waals surface area contributed by atoms with Crippen LogP contribution in [-0.4, -0.2) is 25.7 Å². The molecule has 0 unspecified atom stereocenters. The molecule has 0 spiro atoms. The Labute approximate surface area is 92.5 Å². The number of nitrogens with zero attached hydrogens (tertiary/aromatic N) is 1. The van der Waals surface area contributed by atoms with Gasteiger partial charge < -0.3 is 10.1 Å². The van der Waals surface area contributed by atoms with E-state index in [1.165, 1.54) is 0 Å². The molecule has 0 aromatic carbocycles. The zero-order valence-corrected chi connectivity index (χ0v) is 9.85. The average Bonchev–Trinajstić information content (AvgIpc) is 2.05. The zero-order chi connectivity index (χ0) is 9.23. The standard InChI is InChI=1S/C9H18NO2.V/c1-3-7-10-8-5-6-9(11)12-4-2;/h3-8H2,1-2H3;/q-1;. The number of rotatable bonds is 7. The van der Waals surface area contributed by atoms with E-state index in [0.717, 1.165) is 25.9 Å². The molecular formula is C9H18NO2V-. The molecule has 77 valence electrons. The van der Waals surface area contributed by atoms with Crippen LogP contribution in [0.5, 0.6) is 0 Å². The summed E-state index contributed by atoms with van der Waals surface area (Å²) in [5.41, 5.74) is 0. The molecule has 0 atom stereocenters. The molecule has 13 heavy (non-hydrogen) atoms. The molecule has 0 saturated carbocycles. The van der Waals surface area contributed by atoms with Crippen LogP contribution in [0.4, 0.5) is 0 Å². The number of esters is 1. The van der Waals surface area contributed by atoms with E-state index in [4.69, 9.17) is 4.74 Å². The van der Waals surface area contributed by atoms with Crippen molar-refractivity contribution in [2.75, 3.05) is 19.7 Å². The second-order valence-corrected chi connectivity index (χ2v) is 2.58. The molecule has 0 N–H and O–H groups in total. The molecule has 4 heteroatoms. The van der Waals surface area contributed by atoms with E-state index in [9.17, 15) is 4.79 Å². The van der Waals surface area contributed by atoms with Gasteiger partial charge in [0.25, 0.3) is 0 Å². The van der Waals surface area contributed by atoms with Crippen molar-refractivity contribution in [1.82, 2.24) is 0 Å². The number of carbonyl (C=O) groups is 1. The maximum absolute atomic E-state index is 10.8. The van der Waals surface area contributed by atoms with Gasteiger partial charge in [0, 0.05) is 25.0 Å². The summed E-state index contributed by atoms with van der Waals surface area (Å²) in [6, 6.07) is 0. The molecule has 0 amide bonds. The Morgan fingerprint density at radius 2 is 2.00 bits per heavy atom. The molecule has 0 aromatic rings. The monoisotopic (exact) mass is 223 g/mol. The molecule has 3 nitrogen and oxygen atoms in total. The van der Waals surface area contributed by atoms with Crippen molar-refractivity contribution in [3.8, 4) is 0 Å². The molecule has 0 fully saturated rings. The van der Waals surface area contributed by atoms with Crippen molar-refractivity contribution in [3.63, 3.8) is 0 Å². The Morgan fingerprint density at radius 3 is 2.54 bits per heavy atom. The Kier molecular flexibility index (Phi) is 14.3. The van der Waals surface area contributed by atoms with E-state index in [2.05, 4.69) is 12.2 Å². The number of hydrogen-bond donors (Lipinski definition) is 0. The summed E-state index contributed by atoms with van der Waals surface area (Å²) in [5, 5.41) is 4.21. The van der Waals surface area contributed by atoms with Gasteiger partial charge in [0.15, 0.2) is 0 Å². The molecule has 0 aliphatic carbocycles. The summed E-state index contributed by atoms with van der Waals surface area (Å²) in [6.07, 6.45) is 2.40. The maximum atomic E-state index is 10.8.